The smallest absolute Gasteiger partial charge is 0.251 e. The summed E-state index contributed by atoms with van der Waals surface area (Å²) in [5.74, 6) is 0.211. The Kier molecular flexibility index (Phi) is 10.2. The van der Waals surface area contributed by atoms with Gasteiger partial charge in [-0.15, -0.1) is 0 Å². The number of nitrogens with zero attached hydrogens (tertiary/aromatic N) is 2. The number of benzene rings is 2. The standard InChI is InChI=1S/C29H37ClFN3O2/c30-27-22-24(9-12-28(27)31)29(35)32-25-13-19-34(20-14-25)18-5-6-23-7-10-26(11-8-23)36-21-4-3-17-33-15-1-2-16-33/h5-12,22,25H,1-4,13-21H2,(H,32,35)/b6-5+. The minimum Gasteiger partial charge on any atom is -0.494 e. The fourth-order valence-corrected chi connectivity index (χ4v) is 4.99. The maximum absolute atomic E-state index is 13.3. The van der Waals surface area contributed by atoms with E-state index < -0.39 is 5.82 Å². The number of carbonyl (C=O) groups excluding carboxylic acids is 1. The van der Waals surface area contributed by atoms with Crippen molar-refractivity contribution in [1.29, 1.82) is 0 Å². The lowest BCUT2D eigenvalue weighted by Gasteiger charge is -2.31. The second-order valence-corrected chi connectivity index (χ2v) is 10.2. The molecule has 0 atom stereocenters. The lowest BCUT2D eigenvalue weighted by molar-refractivity contribution is 0.0914. The van der Waals surface area contributed by atoms with E-state index in [-0.39, 0.29) is 17.0 Å². The Balaban J connectivity index is 1.10. The second-order valence-electron chi connectivity index (χ2n) is 9.75. The van der Waals surface area contributed by atoms with Crippen LogP contribution in [0.25, 0.3) is 6.08 Å². The molecule has 1 N–H and O–H groups in total. The van der Waals surface area contributed by atoms with E-state index in [1.54, 1.807) is 0 Å². The first-order chi connectivity index (χ1) is 17.6. The van der Waals surface area contributed by atoms with Crippen LogP contribution in [-0.2, 0) is 0 Å². The molecule has 0 spiro atoms. The molecule has 2 saturated heterocycles. The van der Waals surface area contributed by atoms with Crippen molar-refractivity contribution in [3.63, 3.8) is 0 Å². The molecule has 36 heavy (non-hydrogen) atoms. The van der Waals surface area contributed by atoms with E-state index in [2.05, 4.69) is 39.4 Å². The van der Waals surface area contributed by atoms with E-state index in [4.69, 9.17) is 16.3 Å². The van der Waals surface area contributed by atoms with Crippen molar-refractivity contribution in [2.24, 2.45) is 0 Å². The molecule has 0 aromatic heterocycles. The Hall–Kier alpha value is -2.41. The fourth-order valence-electron chi connectivity index (χ4n) is 4.81. The minimum absolute atomic E-state index is 0.0327. The number of piperidine rings is 1. The molecule has 2 aromatic rings. The highest BCUT2D eigenvalue weighted by Gasteiger charge is 2.21. The number of ether oxygens (including phenoxy) is 1. The number of hydrogen-bond donors (Lipinski definition) is 1. The maximum atomic E-state index is 13.3. The third kappa shape index (κ3) is 8.32. The second kappa shape index (κ2) is 13.8. The quantitative estimate of drug-likeness (QED) is 0.395. The molecule has 0 saturated carbocycles. The molecule has 0 radical (unpaired) electrons. The van der Waals surface area contributed by atoms with Crippen LogP contribution in [0.3, 0.4) is 0 Å². The maximum Gasteiger partial charge on any atom is 0.251 e. The molecule has 2 heterocycles. The van der Waals surface area contributed by atoms with Gasteiger partial charge in [0.25, 0.3) is 5.91 Å². The van der Waals surface area contributed by atoms with Gasteiger partial charge in [0.1, 0.15) is 11.6 Å². The molecule has 194 valence electrons. The average molecular weight is 514 g/mol. The molecule has 2 fully saturated rings. The summed E-state index contributed by atoms with van der Waals surface area (Å²) in [5.41, 5.74) is 1.55. The van der Waals surface area contributed by atoms with Gasteiger partial charge in [0.05, 0.1) is 11.6 Å². The predicted molar refractivity (Wildman–Crippen MR) is 144 cm³/mol. The van der Waals surface area contributed by atoms with Gasteiger partial charge in [-0.2, -0.15) is 0 Å². The lowest BCUT2D eigenvalue weighted by Crippen LogP contribution is -2.44. The zero-order chi connectivity index (χ0) is 25.2. The number of rotatable bonds is 11. The normalized spacial score (nSPS) is 17.6. The van der Waals surface area contributed by atoms with Gasteiger partial charge in [-0.25, -0.2) is 4.39 Å². The number of carbonyl (C=O) groups is 1. The summed E-state index contributed by atoms with van der Waals surface area (Å²) in [6, 6.07) is 12.5. The number of amides is 1. The van der Waals surface area contributed by atoms with E-state index in [1.165, 1.54) is 57.1 Å². The zero-order valence-corrected chi connectivity index (χ0v) is 21.7. The van der Waals surface area contributed by atoms with Crippen molar-refractivity contribution >= 4 is 23.6 Å². The van der Waals surface area contributed by atoms with Gasteiger partial charge in [-0.05, 0) is 94.1 Å². The molecular formula is C29H37ClFN3O2. The van der Waals surface area contributed by atoms with Gasteiger partial charge in [0.2, 0.25) is 0 Å². The Morgan fingerprint density at radius 1 is 1.03 bits per heavy atom. The summed E-state index contributed by atoms with van der Waals surface area (Å²) >= 11 is 5.79. The van der Waals surface area contributed by atoms with Crippen LogP contribution in [0.15, 0.2) is 48.5 Å². The van der Waals surface area contributed by atoms with Crippen molar-refractivity contribution in [1.82, 2.24) is 15.1 Å². The van der Waals surface area contributed by atoms with Crippen molar-refractivity contribution in [2.75, 3.05) is 45.9 Å². The van der Waals surface area contributed by atoms with Crippen LogP contribution in [0.1, 0.15) is 54.4 Å². The molecule has 4 rings (SSSR count). The van der Waals surface area contributed by atoms with Crippen molar-refractivity contribution < 1.29 is 13.9 Å². The first-order valence-corrected chi connectivity index (χ1v) is 13.5. The molecule has 1 amide bonds. The molecule has 0 bridgehead atoms. The molecule has 0 aliphatic carbocycles. The van der Waals surface area contributed by atoms with Crippen LogP contribution in [0.2, 0.25) is 5.02 Å². The van der Waals surface area contributed by atoms with Crippen LogP contribution in [-0.4, -0.2) is 67.6 Å². The van der Waals surface area contributed by atoms with Crippen molar-refractivity contribution in [2.45, 2.75) is 44.6 Å². The van der Waals surface area contributed by atoms with Gasteiger partial charge in [0.15, 0.2) is 0 Å². The molecule has 0 unspecified atom stereocenters. The Morgan fingerprint density at radius 2 is 1.78 bits per heavy atom. The molecule has 2 aliphatic rings. The summed E-state index contributed by atoms with van der Waals surface area (Å²) in [5, 5.41) is 3.01. The van der Waals surface area contributed by atoms with Crippen LogP contribution < -0.4 is 10.1 Å². The van der Waals surface area contributed by atoms with Gasteiger partial charge in [-0.3, -0.25) is 9.69 Å². The SMILES string of the molecule is O=C(NC1CCN(C/C=C/c2ccc(OCCCCN3CCCC3)cc2)CC1)c1ccc(F)c(Cl)c1. The van der Waals surface area contributed by atoms with Crippen molar-refractivity contribution in [3.05, 3.63) is 70.5 Å². The van der Waals surface area contributed by atoms with Crippen molar-refractivity contribution in [3.8, 4) is 5.75 Å². The number of likely N-dealkylation sites (tertiary alicyclic amines) is 2. The summed E-state index contributed by atoms with van der Waals surface area (Å²) in [6.45, 7) is 7.22. The number of hydrogen-bond acceptors (Lipinski definition) is 4. The van der Waals surface area contributed by atoms with Gasteiger partial charge < -0.3 is 15.0 Å². The summed E-state index contributed by atoms with van der Waals surface area (Å²) < 4.78 is 19.2. The molecular weight excluding hydrogens is 477 g/mol. The number of halogens is 2. The fraction of sp³-hybridized carbons (Fsp3) is 0.483. The Bertz CT molecular complexity index is 1000. The van der Waals surface area contributed by atoms with E-state index >= 15 is 0 Å². The van der Waals surface area contributed by atoms with Gasteiger partial charge in [-0.1, -0.05) is 35.9 Å². The van der Waals surface area contributed by atoms with E-state index in [1.807, 2.05) is 12.1 Å². The Morgan fingerprint density at radius 3 is 2.50 bits per heavy atom. The van der Waals surface area contributed by atoms with Crippen LogP contribution in [0.5, 0.6) is 5.75 Å². The van der Waals surface area contributed by atoms with Crippen LogP contribution in [0.4, 0.5) is 4.39 Å². The molecule has 5 nitrogen and oxygen atoms in total. The summed E-state index contributed by atoms with van der Waals surface area (Å²) in [7, 11) is 0. The highest BCUT2D eigenvalue weighted by Crippen LogP contribution is 2.18. The monoisotopic (exact) mass is 513 g/mol. The highest BCUT2D eigenvalue weighted by atomic mass is 35.5. The van der Waals surface area contributed by atoms with Crippen LogP contribution in [0, 0.1) is 5.82 Å². The first kappa shape index (κ1) is 26.6. The van der Waals surface area contributed by atoms with E-state index in [0.717, 1.165) is 56.8 Å². The molecule has 2 aromatic carbocycles. The largest absolute Gasteiger partial charge is 0.494 e. The predicted octanol–water partition coefficient (Wildman–Crippen LogP) is 5.64. The van der Waals surface area contributed by atoms with Gasteiger partial charge >= 0.3 is 0 Å². The van der Waals surface area contributed by atoms with E-state index in [0.29, 0.717) is 5.56 Å². The summed E-state index contributed by atoms with van der Waals surface area (Å²) in [4.78, 5) is 17.4. The zero-order valence-electron chi connectivity index (χ0n) is 20.9. The third-order valence-electron chi connectivity index (χ3n) is 6.99. The third-order valence-corrected chi connectivity index (χ3v) is 7.28. The molecule has 2 aliphatic heterocycles. The number of nitrogens with one attached hydrogen (secondary N) is 1. The topological polar surface area (TPSA) is 44.8 Å². The van der Waals surface area contributed by atoms with Crippen LogP contribution >= 0.6 is 11.6 Å². The molecule has 7 heteroatoms. The number of unbranched alkanes of at least 4 members (excludes halogenated alkanes) is 1. The van der Waals surface area contributed by atoms with E-state index in [9.17, 15) is 9.18 Å². The minimum atomic E-state index is -0.516. The average Bonchev–Trinajstić information content (AvgIpc) is 3.41. The lowest BCUT2D eigenvalue weighted by atomic mass is 10.0. The highest BCUT2D eigenvalue weighted by molar-refractivity contribution is 6.31. The first-order valence-electron chi connectivity index (χ1n) is 13.2. The van der Waals surface area contributed by atoms with Gasteiger partial charge in [0, 0.05) is 31.2 Å². The Labute approximate surface area is 219 Å². The summed E-state index contributed by atoms with van der Waals surface area (Å²) in [6.07, 6.45) is 11.1.